The molecule has 1 aromatic heterocycles. The van der Waals surface area contributed by atoms with E-state index in [0.29, 0.717) is 31.6 Å². The van der Waals surface area contributed by atoms with E-state index in [4.69, 9.17) is 0 Å². The Bertz CT molecular complexity index is 1660. The van der Waals surface area contributed by atoms with Crippen LogP contribution in [0.25, 0.3) is 22.5 Å². The highest BCUT2D eigenvalue weighted by molar-refractivity contribution is 6.00. The zero-order valence-electron chi connectivity index (χ0n) is 27.3. The second-order valence-corrected chi connectivity index (χ2v) is 13.1. The fourth-order valence-corrected chi connectivity index (χ4v) is 5.48. The summed E-state index contributed by atoms with van der Waals surface area (Å²) in [5.74, 6) is -0.00947. The third-order valence-corrected chi connectivity index (χ3v) is 8.99. The van der Waals surface area contributed by atoms with Crippen molar-refractivity contribution in [3.05, 3.63) is 89.5 Å². The van der Waals surface area contributed by atoms with Crippen LogP contribution >= 0.6 is 0 Å². The van der Waals surface area contributed by atoms with Crippen LogP contribution in [0.15, 0.2) is 72.8 Å². The number of nitrogens with one attached hydrogen (secondary N) is 3. The van der Waals surface area contributed by atoms with Crippen molar-refractivity contribution >= 4 is 17.5 Å². The Morgan fingerprint density at radius 3 is 2.18 bits per heavy atom. The minimum atomic E-state index is -0.142. The summed E-state index contributed by atoms with van der Waals surface area (Å²) in [6.07, 6.45) is 1.97. The Hall–Kier alpha value is -4.34. The Kier molecular flexibility index (Phi) is 9.51. The molecule has 236 valence electrons. The summed E-state index contributed by atoms with van der Waals surface area (Å²) in [5.41, 5.74) is 6.85. The third-order valence-electron chi connectivity index (χ3n) is 8.99. The predicted octanol–water partition coefficient (Wildman–Crippen LogP) is 5.40. The van der Waals surface area contributed by atoms with Crippen molar-refractivity contribution in [3.63, 3.8) is 0 Å². The van der Waals surface area contributed by atoms with E-state index >= 15 is 0 Å². The summed E-state index contributed by atoms with van der Waals surface area (Å²) in [5, 5.41) is 18.9. The summed E-state index contributed by atoms with van der Waals surface area (Å²) in [7, 11) is 3.85. The van der Waals surface area contributed by atoms with E-state index in [0.717, 1.165) is 52.2 Å². The number of nitrogens with zero attached hydrogens (tertiary/aromatic N) is 4. The monoisotopic (exact) mass is 607 g/mol. The van der Waals surface area contributed by atoms with Gasteiger partial charge in [0.15, 0.2) is 0 Å². The van der Waals surface area contributed by atoms with Gasteiger partial charge in [0.2, 0.25) is 5.91 Å². The molecule has 0 radical (unpaired) electrons. The number of anilines is 1. The van der Waals surface area contributed by atoms with Crippen LogP contribution in [0.5, 0.6) is 0 Å². The van der Waals surface area contributed by atoms with Crippen molar-refractivity contribution in [2.45, 2.75) is 71.1 Å². The number of para-hydroxylation sites is 1. The highest BCUT2D eigenvalue weighted by atomic mass is 16.2. The first-order valence-corrected chi connectivity index (χ1v) is 15.7. The molecule has 0 bridgehead atoms. The Morgan fingerprint density at radius 2 is 1.47 bits per heavy atom. The van der Waals surface area contributed by atoms with Crippen LogP contribution in [0, 0.1) is 0 Å². The number of rotatable bonds is 11. The van der Waals surface area contributed by atoms with Crippen molar-refractivity contribution in [1.29, 1.82) is 0 Å². The number of benzene rings is 3. The zero-order valence-corrected chi connectivity index (χ0v) is 27.3. The molecule has 3 N–H and O–H groups in total. The van der Waals surface area contributed by atoms with Crippen molar-refractivity contribution in [2.24, 2.45) is 0 Å². The van der Waals surface area contributed by atoms with Gasteiger partial charge >= 0.3 is 0 Å². The first-order valence-electron chi connectivity index (χ1n) is 15.7. The topological polar surface area (TPSA) is 104 Å². The van der Waals surface area contributed by atoms with E-state index in [2.05, 4.69) is 66.1 Å². The van der Waals surface area contributed by atoms with Gasteiger partial charge in [0.1, 0.15) is 5.69 Å². The maximum absolute atomic E-state index is 13.8. The van der Waals surface area contributed by atoms with Gasteiger partial charge in [-0.15, -0.1) is 5.10 Å². The van der Waals surface area contributed by atoms with Crippen molar-refractivity contribution in [1.82, 2.24) is 30.9 Å². The summed E-state index contributed by atoms with van der Waals surface area (Å²) in [4.78, 5) is 28.4. The van der Waals surface area contributed by atoms with E-state index in [9.17, 15) is 9.59 Å². The molecule has 0 saturated heterocycles. The largest absolute Gasteiger partial charge is 0.352 e. The van der Waals surface area contributed by atoms with Crippen molar-refractivity contribution in [2.75, 3.05) is 25.5 Å². The minimum Gasteiger partial charge on any atom is -0.352 e. The second-order valence-electron chi connectivity index (χ2n) is 13.1. The van der Waals surface area contributed by atoms with Gasteiger partial charge in [-0.1, -0.05) is 59.8 Å². The lowest BCUT2D eigenvalue weighted by molar-refractivity contribution is -0.119. The SMILES string of the molecule is CNC(C)(C)CCNC(=O)c1ccc(Cn2nnc3c2-c2ccccc2CN(C(=O)CCC(C)(C)NC)c2ccccc2-3)cc1. The normalized spacial score (nSPS) is 12.9. The summed E-state index contributed by atoms with van der Waals surface area (Å²) >= 11 is 0. The van der Waals surface area contributed by atoms with E-state index in [1.54, 1.807) is 0 Å². The lowest BCUT2D eigenvalue weighted by atomic mass is 9.94. The van der Waals surface area contributed by atoms with Crippen LogP contribution in [0.2, 0.25) is 0 Å². The smallest absolute Gasteiger partial charge is 0.251 e. The summed E-state index contributed by atoms with van der Waals surface area (Å²) < 4.78 is 1.92. The van der Waals surface area contributed by atoms with Gasteiger partial charge in [-0.2, -0.15) is 0 Å². The molecule has 9 heteroatoms. The molecule has 0 aliphatic carbocycles. The molecule has 5 rings (SSSR count). The molecule has 1 aliphatic heterocycles. The molecular formula is C36H45N7O2. The number of carbonyl (C=O) groups is 2. The lowest BCUT2D eigenvalue weighted by Gasteiger charge is -2.30. The molecule has 0 fully saturated rings. The predicted molar refractivity (Wildman–Crippen MR) is 180 cm³/mol. The van der Waals surface area contributed by atoms with E-state index < -0.39 is 0 Å². The average molecular weight is 608 g/mol. The minimum absolute atomic E-state index is 0.0392. The van der Waals surface area contributed by atoms with Crippen LogP contribution in [0.3, 0.4) is 0 Å². The Balaban J connectivity index is 1.43. The third kappa shape index (κ3) is 7.32. The van der Waals surface area contributed by atoms with Crippen LogP contribution in [-0.4, -0.2) is 58.5 Å². The zero-order chi connectivity index (χ0) is 32.2. The van der Waals surface area contributed by atoms with E-state index in [-0.39, 0.29) is 22.9 Å². The van der Waals surface area contributed by atoms with Gasteiger partial charge in [0, 0.05) is 40.7 Å². The van der Waals surface area contributed by atoms with Gasteiger partial charge in [-0.05, 0) is 84.0 Å². The van der Waals surface area contributed by atoms with Gasteiger partial charge < -0.3 is 20.9 Å². The Morgan fingerprint density at radius 1 is 0.822 bits per heavy atom. The molecule has 0 spiro atoms. The molecule has 0 saturated carbocycles. The second kappa shape index (κ2) is 13.3. The summed E-state index contributed by atoms with van der Waals surface area (Å²) in [6, 6.07) is 23.8. The molecule has 9 nitrogen and oxygen atoms in total. The number of hydrogen-bond donors (Lipinski definition) is 3. The van der Waals surface area contributed by atoms with Gasteiger partial charge in [-0.25, -0.2) is 4.68 Å². The van der Waals surface area contributed by atoms with Gasteiger partial charge in [-0.3, -0.25) is 9.59 Å². The van der Waals surface area contributed by atoms with Gasteiger partial charge in [0.25, 0.3) is 5.91 Å². The van der Waals surface area contributed by atoms with E-state index in [1.807, 2.05) is 84.3 Å². The number of carbonyl (C=O) groups excluding carboxylic acids is 2. The number of aromatic nitrogens is 3. The number of fused-ring (bicyclic) bond motifs is 5. The quantitative estimate of drug-likeness (QED) is 0.211. The number of amides is 2. The maximum Gasteiger partial charge on any atom is 0.251 e. The molecule has 2 amide bonds. The molecule has 45 heavy (non-hydrogen) atoms. The molecule has 4 aromatic rings. The first kappa shape index (κ1) is 32.1. The standard InChI is InChI=1S/C36H45N7O2/c1-35(2,37-5)20-19-31(44)42-24-27-11-7-8-12-28(27)33-32(29-13-9-10-14-30(29)42)40-41-43(33)23-25-15-17-26(18-16-25)34(45)39-22-21-36(3,4)38-6/h7-18,37-38H,19-24H2,1-6H3,(H,39,45). The molecule has 0 atom stereocenters. The molecule has 3 aromatic carbocycles. The molecular weight excluding hydrogens is 562 g/mol. The van der Waals surface area contributed by atoms with Crippen LogP contribution in [0.1, 0.15) is 68.4 Å². The summed E-state index contributed by atoms with van der Waals surface area (Å²) in [6.45, 7) is 9.97. The van der Waals surface area contributed by atoms with Crippen molar-refractivity contribution < 1.29 is 9.59 Å². The van der Waals surface area contributed by atoms with Gasteiger partial charge in [0.05, 0.1) is 24.5 Å². The maximum atomic E-state index is 13.8. The highest BCUT2D eigenvalue weighted by Crippen LogP contribution is 2.41. The van der Waals surface area contributed by atoms with Crippen LogP contribution in [0.4, 0.5) is 5.69 Å². The molecule has 1 aliphatic rings. The number of hydrogen-bond acceptors (Lipinski definition) is 6. The van der Waals surface area contributed by atoms with E-state index in [1.165, 1.54) is 0 Å². The fourth-order valence-electron chi connectivity index (χ4n) is 5.48. The lowest BCUT2D eigenvalue weighted by Crippen LogP contribution is -2.40. The first-order chi connectivity index (χ1) is 21.5. The highest BCUT2D eigenvalue weighted by Gasteiger charge is 2.30. The van der Waals surface area contributed by atoms with Crippen LogP contribution in [-0.2, 0) is 17.9 Å². The fraction of sp³-hybridized carbons (Fsp3) is 0.389. The molecule has 2 heterocycles. The Labute approximate surface area is 266 Å². The molecule has 0 unspecified atom stereocenters. The van der Waals surface area contributed by atoms with Crippen molar-refractivity contribution in [3.8, 4) is 22.5 Å². The average Bonchev–Trinajstić information content (AvgIpc) is 3.44. The van der Waals surface area contributed by atoms with Crippen LogP contribution < -0.4 is 20.9 Å².